The first kappa shape index (κ1) is 35.3. The number of rotatable bonds is 5. The first-order chi connectivity index (χ1) is 19.3. The molecule has 9 nitrogen and oxygen atoms in total. The number of nitrogens with zero attached hydrogens (tertiary/aromatic N) is 2. The summed E-state index contributed by atoms with van der Waals surface area (Å²) in [7, 11) is 2.89. The van der Waals surface area contributed by atoms with Gasteiger partial charge in [0, 0.05) is 62.6 Å². The number of nitrogens with one attached hydrogen (secondary N) is 1. The number of carboxylic acids is 1. The van der Waals surface area contributed by atoms with Crippen LogP contribution in [0.5, 0.6) is 0 Å². The Balaban J connectivity index is 0.000000341. The van der Waals surface area contributed by atoms with Gasteiger partial charge >= 0.3 is 5.97 Å². The Morgan fingerprint density at radius 1 is 0.762 bits per heavy atom. The first-order valence-corrected chi connectivity index (χ1v) is 11.8. The van der Waals surface area contributed by atoms with Crippen LogP contribution in [0, 0.1) is 23.3 Å². The zero-order valence-electron chi connectivity index (χ0n) is 22.3. The lowest BCUT2D eigenvalue weighted by atomic mass is 10.2. The molecule has 1 amide bonds. The van der Waals surface area contributed by atoms with Crippen molar-refractivity contribution in [3.63, 3.8) is 0 Å². The summed E-state index contributed by atoms with van der Waals surface area (Å²) in [6.45, 7) is 0.0140. The van der Waals surface area contributed by atoms with Crippen LogP contribution >= 0.6 is 12.4 Å². The molecule has 0 aliphatic carbocycles. The van der Waals surface area contributed by atoms with Crippen molar-refractivity contribution >= 4 is 24.3 Å². The highest BCUT2D eigenvalue weighted by molar-refractivity contribution is 5.92. The zero-order chi connectivity index (χ0) is 30.7. The molecule has 0 saturated heterocycles. The number of aromatic nitrogens is 2. The van der Waals surface area contributed by atoms with E-state index in [4.69, 9.17) is 10.8 Å². The van der Waals surface area contributed by atoms with Gasteiger partial charge in [-0.15, -0.1) is 12.4 Å². The lowest BCUT2D eigenvalue weighted by molar-refractivity contribution is 0.0684. The van der Waals surface area contributed by atoms with E-state index in [1.807, 2.05) is 0 Å². The van der Waals surface area contributed by atoms with Gasteiger partial charge in [0.15, 0.2) is 0 Å². The highest BCUT2D eigenvalue weighted by Gasteiger charge is 2.11. The smallest absolute Gasteiger partial charge is 0.352 e. The summed E-state index contributed by atoms with van der Waals surface area (Å²) in [6.07, 6.45) is 0. The van der Waals surface area contributed by atoms with E-state index in [-0.39, 0.29) is 53.6 Å². The molecular weight excluding hydrogens is 584 g/mol. The molecule has 0 unspecified atom stereocenters. The molecule has 4 rings (SSSR count). The Morgan fingerprint density at radius 3 is 1.64 bits per heavy atom. The minimum Gasteiger partial charge on any atom is -0.477 e. The second-order valence-corrected chi connectivity index (χ2v) is 8.28. The molecule has 0 aliphatic heterocycles. The molecule has 42 heavy (non-hydrogen) atoms. The molecule has 0 fully saturated rings. The fourth-order valence-corrected chi connectivity index (χ4v) is 3.19. The Bertz CT molecular complexity index is 1660. The largest absolute Gasteiger partial charge is 0.477 e. The molecule has 0 bridgehead atoms. The number of halogens is 5. The van der Waals surface area contributed by atoms with Crippen LogP contribution in [0.3, 0.4) is 0 Å². The van der Waals surface area contributed by atoms with Crippen LogP contribution in [-0.4, -0.2) is 26.1 Å². The third-order valence-electron chi connectivity index (χ3n) is 5.51. The second kappa shape index (κ2) is 16.5. The van der Waals surface area contributed by atoms with E-state index in [0.717, 1.165) is 22.8 Å². The molecule has 4 aromatic rings. The minimum atomic E-state index is -1.09. The number of carbonyl (C=O) groups excluding carboxylic acids is 1. The summed E-state index contributed by atoms with van der Waals surface area (Å²) in [5.41, 5.74) is 5.18. The van der Waals surface area contributed by atoms with Crippen molar-refractivity contribution in [2.24, 2.45) is 19.8 Å². The predicted octanol–water partition coefficient (Wildman–Crippen LogP) is 3.52. The lowest BCUT2D eigenvalue weighted by Gasteiger charge is -2.09. The van der Waals surface area contributed by atoms with Gasteiger partial charge in [0.25, 0.3) is 17.0 Å². The molecule has 224 valence electrons. The van der Waals surface area contributed by atoms with Crippen molar-refractivity contribution in [2.75, 3.05) is 0 Å². The van der Waals surface area contributed by atoms with Gasteiger partial charge in [-0.3, -0.25) is 14.4 Å². The SMILES string of the molecule is Cl.Cn1c(C(=O)NCc2ccc(F)cc2F)cccc1=O.Cn1c(C(=O)O)cccc1=O.NCc1ccc(F)cc1F. The Kier molecular flexibility index (Phi) is 13.9. The summed E-state index contributed by atoms with van der Waals surface area (Å²) < 4.78 is 53.2. The van der Waals surface area contributed by atoms with E-state index in [1.54, 1.807) is 0 Å². The first-order valence-electron chi connectivity index (χ1n) is 11.8. The zero-order valence-corrected chi connectivity index (χ0v) is 23.1. The van der Waals surface area contributed by atoms with Gasteiger partial charge in [0.2, 0.25) is 0 Å². The number of pyridine rings is 2. The van der Waals surface area contributed by atoms with Crippen molar-refractivity contribution in [1.82, 2.24) is 14.5 Å². The number of carbonyl (C=O) groups is 2. The monoisotopic (exact) mass is 610 g/mol. The van der Waals surface area contributed by atoms with Crippen LogP contribution in [0.1, 0.15) is 32.1 Å². The normalized spacial score (nSPS) is 9.79. The van der Waals surface area contributed by atoms with Crippen molar-refractivity contribution in [3.8, 4) is 0 Å². The Labute approximate surface area is 243 Å². The number of benzene rings is 2. The molecule has 0 atom stereocenters. The summed E-state index contributed by atoms with van der Waals surface area (Å²) in [6, 6.07) is 14.9. The van der Waals surface area contributed by atoms with E-state index < -0.39 is 35.1 Å². The highest BCUT2D eigenvalue weighted by Crippen LogP contribution is 2.10. The summed E-state index contributed by atoms with van der Waals surface area (Å²) in [4.78, 5) is 44.6. The summed E-state index contributed by atoms with van der Waals surface area (Å²) >= 11 is 0. The molecular formula is C28H27ClF4N4O5. The highest BCUT2D eigenvalue weighted by atomic mass is 35.5. The number of nitrogens with two attached hydrogens (primary N) is 1. The van der Waals surface area contributed by atoms with Crippen LogP contribution in [0.2, 0.25) is 0 Å². The molecule has 4 N–H and O–H groups in total. The topological polar surface area (TPSA) is 136 Å². The lowest BCUT2D eigenvalue weighted by Crippen LogP contribution is -2.30. The second-order valence-electron chi connectivity index (χ2n) is 8.28. The fraction of sp³-hybridized carbons (Fsp3) is 0.143. The number of hydrogen-bond acceptors (Lipinski definition) is 5. The Morgan fingerprint density at radius 2 is 1.21 bits per heavy atom. The number of hydrogen-bond donors (Lipinski definition) is 3. The van der Waals surface area contributed by atoms with E-state index in [1.165, 1.54) is 73.3 Å². The van der Waals surface area contributed by atoms with Crippen molar-refractivity contribution in [2.45, 2.75) is 13.1 Å². The number of amides is 1. The predicted molar refractivity (Wildman–Crippen MR) is 149 cm³/mol. The molecule has 0 saturated carbocycles. The van der Waals surface area contributed by atoms with Crippen LogP contribution < -0.4 is 22.2 Å². The third-order valence-corrected chi connectivity index (χ3v) is 5.51. The molecule has 2 aromatic carbocycles. The average molecular weight is 611 g/mol. The third kappa shape index (κ3) is 10.0. The van der Waals surface area contributed by atoms with Crippen LogP contribution in [0.15, 0.2) is 82.4 Å². The average Bonchev–Trinajstić information content (AvgIpc) is 2.92. The van der Waals surface area contributed by atoms with Crippen molar-refractivity contribution in [1.29, 1.82) is 0 Å². The maximum Gasteiger partial charge on any atom is 0.352 e. The van der Waals surface area contributed by atoms with E-state index in [2.05, 4.69) is 5.32 Å². The van der Waals surface area contributed by atoms with Gasteiger partial charge in [0.1, 0.15) is 34.7 Å². The maximum absolute atomic E-state index is 13.4. The van der Waals surface area contributed by atoms with Crippen molar-refractivity contribution < 1.29 is 32.3 Å². The standard InChI is InChI=1S/C14H12F2N2O2.C7H7F2N.C7H7NO3.ClH/c1-18-12(3-2-4-13(18)19)14(20)17-8-9-5-6-10(15)7-11(9)16;8-6-2-1-5(4-10)7(9)3-6;1-8-5(7(10)11)3-2-4-6(8)9;/h2-7H,8H2,1H3,(H,17,20);1-3H,4,10H2;2-4H,1H3,(H,10,11);1H. The quantitative estimate of drug-likeness (QED) is 0.296. The molecule has 0 aliphatic rings. The van der Waals surface area contributed by atoms with Gasteiger partial charge in [0.05, 0.1) is 0 Å². The molecule has 0 spiro atoms. The van der Waals surface area contributed by atoms with Crippen LogP contribution in [0.25, 0.3) is 0 Å². The number of carboxylic acid groups (broad SMARTS) is 1. The molecule has 2 heterocycles. The maximum atomic E-state index is 13.4. The fourth-order valence-electron chi connectivity index (χ4n) is 3.19. The van der Waals surface area contributed by atoms with Gasteiger partial charge in [-0.25, -0.2) is 22.4 Å². The summed E-state index contributed by atoms with van der Waals surface area (Å²) in [5.74, 6) is -4.16. The van der Waals surface area contributed by atoms with Gasteiger partial charge in [-0.2, -0.15) is 0 Å². The van der Waals surface area contributed by atoms with Crippen molar-refractivity contribution in [3.05, 3.63) is 139 Å². The van der Waals surface area contributed by atoms with Gasteiger partial charge < -0.3 is 25.3 Å². The van der Waals surface area contributed by atoms with E-state index >= 15 is 0 Å². The molecule has 14 heteroatoms. The summed E-state index contributed by atoms with van der Waals surface area (Å²) in [5, 5.41) is 11.0. The van der Waals surface area contributed by atoms with Gasteiger partial charge in [-0.1, -0.05) is 24.3 Å². The number of aromatic carboxylic acids is 1. The minimum absolute atomic E-state index is 0. The Hall–Kier alpha value is -4.75. The van der Waals surface area contributed by atoms with Gasteiger partial charge in [-0.05, 0) is 24.3 Å². The van der Waals surface area contributed by atoms with Crippen LogP contribution in [-0.2, 0) is 27.2 Å². The van der Waals surface area contributed by atoms with Crippen LogP contribution in [0.4, 0.5) is 17.6 Å². The molecule has 2 aromatic heterocycles. The van der Waals surface area contributed by atoms with E-state index in [0.29, 0.717) is 5.56 Å². The molecule has 0 radical (unpaired) electrons. The van der Waals surface area contributed by atoms with E-state index in [9.17, 15) is 36.7 Å².